The normalized spacial score (nSPS) is 13.6. The molecule has 2 N–H and O–H groups in total. The van der Waals surface area contributed by atoms with Crippen molar-refractivity contribution in [2.75, 3.05) is 20.8 Å². The van der Waals surface area contributed by atoms with Gasteiger partial charge in [0.25, 0.3) is 0 Å². The van der Waals surface area contributed by atoms with E-state index in [9.17, 15) is 0 Å². The van der Waals surface area contributed by atoms with Crippen molar-refractivity contribution in [1.82, 2.24) is 15.8 Å². The Balaban J connectivity index is 2.32. The third kappa shape index (κ3) is 4.31. The molecular formula is C10H18N4O2. The molecule has 6 nitrogen and oxygen atoms in total. The molecule has 0 amide bonds. The molecule has 1 unspecified atom stereocenters. The summed E-state index contributed by atoms with van der Waals surface area (Å²) in [4.78, 5) is 4.09. The number of rotatable bonds is 5. The molecule has 1 aromatic heterocycles. The lowest BCUT2D eigenvalue weighted by atomic mass is 10.4. The van der Waals surface area contributed by atoms with E-state index < -0.39 is 0 Å². The average molecular weight is 226 g/mol. The number of aliphatic imine (C=N–C) groups is 1. The summed E-state index contributed by atoms with van der Waals surface area (Å²) in [5.41, 5.74) is 0.836. The summed E-state index contributed by atoms with van der Waals surface area (Å²) < 4.78 is 9.76. The monoisotopic (exact) mass is 226 g/mol. The molecule has 6 heteroatoms. The number of nitrogens with zero attached hydrogens (tertiary/aromatic N) is 2. The van der Waals surface area contributed by atoms with Gasteiger partial charge in [0.05, 0.1) is 13.2 Å². The lowest BCUT2D eigenvalue weighted by molar-refractivity contribution is 0.179. The van der Waals surface area contributed by atoms with Gasteiger partial charge in [0.15, 0.2) is 5.96 Å². The molecule has 0 aromatic carbocycles. The minimum atomic E-state index is 0.202. The van der Waals surface area contributed by atoms with Crippen LogP contribution in [-0.2, 0) is 11.3 Å². The molecule has 0 aliphatic heterocycles. The molecule has 0 radical (unpaired) electrons. The molecule has 1 aromatic rings. The molecule has 0 aliphatic carbocycles. The van der Waals surface area contributed by atoms with E-state index in [1.165, 1.54) is 0 Å². The molecule has 0 saturated carbocycles. The lowest BCUT2D eigenvalue weighted by Gasteiger charge is -2.16. The summed E-state index contributed by atoms with van der Waals surface area (Å²) in [7, 11) is 3.39. The van der Waals surface area contributed by atoms with Crippen LogP contribution in [0.25, 0.3) is 0 Å². The van der Waals surface area contributed by atoms with Crippen LogP contribution in [0.15, 0.2) is 21.8 Å². The zero-order valence-corrected chi connectivity index (χ0v) is 9.86. The maximum atomic E-state index is 5.03. The van der Waals surface area contributed by atoms with Crippen molar-refractivity contribution in [1.29, 1.82) is 0 Å². The second-order valence-electron chi connectivity index (χ2n) is 3.42. The van der Waals surface area contributed by atoms with E-state index in [-0.39, 0.29) is 6.04 Å². The van der Waals surface area contributed by atoms with Gasteiger partial charge in [-0.3, -0.25) is 4.99 Å². The van der Waals surface area contributed by atoms with E-state index in [0.717, 1.165) is 5.69 Å². The minimum absolute atomic E-state index is 0.202. The maximum absolute atomic E-state index is 5.03. The van der Waals surface area contributed by atoms with Crippen LogP contribution in [0.2, 0.25) is 0 Å². The Bertz CT molecular complexity index is 311. The average Bonchev–Trinajstić information content (AvgIpc) is 2.77. The van der Waals surface area contributed by atoms with Gasteiger partial charge < -0.3 is 19.9 Å². The van der Waals surface area contributed by atoms with Crippen LogP contribution in [0.1, 0.15) is 12.6 Å². The zero-order chi connectivity index (χ0) is 11.8. The lowest BCUT2D eigenvalue weighted by Crippen LogP contribution is -2.43. The van der Waals surface area contributed by atoms with Crippen LogP contribution >= 0.6 is 0 Å². The van der Waals surface area contributed by atoms with Crippen LogP contribution in [0.5, 0.6) is 0 Å². The second kappa shape index (κ2) is 6.84. The van der Waals surface area contributed by atoms with E-state index in [0.29, 0.717) is 19.1 Å². The van der Waals surface area contributed by atoms with Gasteiger partial charge in [0.2, 0.25) is 0 Å². The molecule has 1 atom stereocenters. The van der Waals surface area contributed by atoms with Gasteiger partial charge in [-0.25, -0.2) is 0 Å². The van der Waals surface area contributed by atoms with Gasteiger partial charge in [-0.15, -0.1) is 0 Å². The van der Waals surface area contributed by atoms with Gasteiger partial charge in [-0.1, -0.05) is 5.16 Å². The van der Waals surface area contributed by atoms with Crippen molar-refractivity contribution < 1.29 is 9.26 Å². The first-order chi connectivity index (χ1) is 7.76. The van der Waals surface area contributed by atoms with E-state index >= 15 is 0 Å². The highest BCUT2D eigenvalue weighted by Gasteiger charge is 2.04. The van der Waals surface area contributed by atoms with Crippen molar-refractivity contribution in [3.63, 3.8) is 0 Å². The first-order valence-corrected chi connectivity index (χ1v) is 5.11. The van der Waals surface area contributed by atoms with Crippen LogP contribution in [0.4, 0.5) is 0 Å². The number of guanidine groups is 1. The first-order valence-electron chi connectivity index (χ1n) is 5.11. The molecule has 0 spiro atoms. The third-order valence-corrected chi connectivity index (χ3v) is 1.95. The highest BCUT2D eigenvalue weighted by molar-refractivity contribution is 5.79. The Morgan fingerprint density at radius 1 is 1.69 bits per heavy atom. The van der Waals surface area contributed by atoms with E-state index in [4.69, 9.17) is 9.26 Å². The fraction of sp³-hybridized carbons (Fsp3) is 0.600. The predicted molar refractivity (Wildman–Crippen MR) is 61.2 cm³/mol. The smallest absolute Gasteiger partial charge is 0.191 e. The second-order valence-corrected chi connectivity index (χ2v) is 3.42. The summed E-state index contributed by atoms with van der Waals surface area (Å²) >= 11 is 0. The van der Waals surface area contributed by atoms with Crippen molar-refractivity contribution in [2.24, 2.45) is 4.99 Å². The van der Waals surface area contributed by atoms with E-state index in [1.807, 2.05) is 6.92 Å². The van der Waals surface area contributed by atoms with Gasteiger partial charge in [0, 0.05) is 26.3 Å². The molecular weight excluding hydrogens is 208 g/mol. The third-order valence-electron chi connectivity index (χ3n) is 1.95. The summed E-state index contributed by atoms with van der Waals surface area (Å²) in [6, 6.07) is 2.01. The van der Waals surface area contributed by atoms with E-state index in [2.05, 4.69) is 20.8 Å². The van der Waals surface area contributed by atoms with Gasteiger partial charge in [0.1, 0.15) is 12.0 Å². The molecule has 90 valence electrons. The predicted octanol–water partition coefficient (Wildman–Crippen LogP) is 0.374. The Labute approximate surface area is 95.1 Å². The van der Waals surface area contributed by atoms with Crippen molar-refractivity contribution in [3.8, 4) is 0 Å². The minimum Gasteiger partial charge on any atom is -0.383 e. The van der Waals surface area contributed by atoms with Crippen molar-refractivity contribution in [2.45, 2.75) is 19.5 Å². The molecule has 0 bridgehead atoms. The summed E-state index contributed by atoms with van der Waals surface area (Å²) in [6.07, 6.45) is 1.54. The molecule has 1 heterocycles. The number of ether oxygens (including phenoxy) is 1. The Hall–Kier alpha value is -1.56. The van der Waals surface area contributed by atoms with Crippen LogP contribution < -0.4 is 10.6 Å². The van der Waals surface area contributed by atoms with Gasteiger partial charge in [-0.2, -0.15) is 0 Å². The molecule has 0 saturated heterocycles. The number of aromatic nitrogens is 1. The van der Waals surface area contributed by atoms with Crippen LogP contribution in [0.3, 0.4) is 0 Å². The molecule has 0 fully saturated rings. The maximum Gasteiger partial charge on any atom is 0.191 e. The quantitative estimate of drug-likeness (QED) is 0.561. The van der Waals surface area contributed by atoms with Crippen molar-refractivity contribution in [3.05, 3.63) is 18.0 Å². The van der Waals surface area contributed by atoms with Crippen LogP contribution in [-0.4, -0.2) is 37.9 Å². The van der Waals surface area contributed by atoms with Crippen LogP contribution in [0, 0.1) is 0 Å². The first kappa shape index (κ1) is 12.5. The fourth-order valence-electron chi connectivity index (χ4n) is 1.22. The molecule has 1 rings (SSSR count). The Morgan fingerprint density at radius 3 is 3.06 bits per heavy atom. The Morgan fingerprint density at radius 2 is 2.50 bits per heavy atom. The zero-order valence-electron chi connectivity index (χ0n) is 9.86. The van der Waals surface area contributed by atoms with Gasteiger partial charge >= 0.3 is 0 Å². The highest BCUT2D eigenvalue weighted by Crippen LogP contribution is 1.92. The number of methoxy groups -OCH3 is 1. The number of nitrogens with one attached hydrogen (secondary N) is 2. The largest absolute Gasteiger partial charge is 0.383 e. The molecule has 0 aliphatic rings. The number of hydrogen-bond acceptors (Lipinski definition) is 4. The summed E-state index contributed by atoms with van der Waals surface area (Å²) in [5, 5.41) is 10.1. The SMILES string of the molecule is CN=C(NCc1ccon1)NC(C)COC. The Kier molecular flexibility index (Phi) is 5.35. The van der Waals surface area contributed by atoms with Gasteiger partial charge in [-0.05, 0) is 6.92 Å². The standard InChI is InChI=1S/C10H18N4O2/c1-8(7-15-3)13-10(11-2)12-6-9-4-5-16-14-9/h4-5,8H,6-7H2,1-3H3,(H2,11,12,13). The highest BCUT2D eigenvalue weighted by atomic mass is 16.5. The fourth-order valence-corrected chi connectivity index (χ4v) is 1.22. The topological polar surface area (TPSA) is 71.7 Å². The summed E-state index contributed by atoms with van der Waals surface area (Å²) in [6.45, 7) is 3.23. The van der Waals surface area contributed by atoms with E-state index in [1.54, 1.807) is 26.5 Å². The molecule has 16 heavy (non-hydrogen) atoms. The number of hydrogen-bond donors (Lipinski definition) is 2. The van der Waals surface area contributed by atoms with Crippen molar-refractivity contribution >= 4 is 5.96 Å². The summed E-state index contributed by atoms with van der Waals surface area (Å²) in [5.74, 6) is 0.715.